The van der Waals surface area contributed by atoms with Gasteiger partial charge in [-0.15, -0.1) is 11.3 Å². The molecule has 0 radical (unpaired) electrons. The molecule has 0 atom stereocenters. The van der Waals surface area contributed by atoms with Crippen LogP contribution in [0.5, 0.6) is 0 Å². The first kappa shape index (κ1) is 17.5. The summed E-state index contributed by atoms with van der Waals surface area (Å²) in [6.07, 6.45) is 0. The van der Waals surface area contributed by atoms with Crippen molar-refractivity contribution in [1.29, 1.82) is 0 Å². The molecule has 2 aromatic carbocycles. The zero-order valence-corrected chi connectivity index (χ0v) is 15.9. The molecule has 1 amide bonds. The number of amides is 1. The summed E-state index contributed by atoms with van der Waals surface area (Å²) in [6, 6.07) is 16.4. The lowest BCUT2D eigenvalue weighted by Crippen LogP contribution is -2.18. The van der Waals surface area contributed by atoms with Gasteiger partial charge in [0.05, 0.1) is 10.2 Å². The van der Waals surface area contributed by atoms with Gasteiger partial charge in [-0.1, -0.05) is 24.3 Å². The molecule has 0 aliphatic heterocycles. The van der Waals surface area contributed by atoms with E-state index in [1.165, 1.54) is 12.1 Å². The van der Waals surface area contributed by atoms with Crippen LogP contribution in [0.15, 0.2) is 60.0 Å². The number of hydrogen-bond acceptors (Lipinski definition) is 2. The van der Waals surface area contributed by atoms with E-state index in [0.29, 0.717) is 12.2 Å². The summed E-state index contributed by atoms with van der Waals surface area (Å²) in [6.45, 7) is 4.41. The van der Waals surface area contributed by atoms with Crippen molar-refractivity contribution in [2.45, 2.75) is 20.4 Å². The predicted octanol–water partition coefficient (Wildman–Crippen LogP) is 5.76. The Kier molecular flexibility index (Phi) is 4.54. The summed E-state index contributed by atoms with van der Waals surface area (Å²) in [5, 5.41) is 5.03. The second-order valence-electron chi connectivity index (χ2n) is 6.69. The summed E-state index contributed by atoms with van der Waals surface area (Å²) < 4.78 is 16.6. The summed E-state index contributed by atoms with van der Waals surface area (Å²) in [5.74, 6) is -0.439. The number of nitrogens with one attached hydrogen (secondary N) is 1. The van der Waals surface area contributed by atoms with Crippen LogP contribution in [0.4, 0.5) is 10.1 Å². The van der Waals surface area contributed by atoms with E-state index in [1.807, 2.05) is 60.2 Å². The van der Waals surface area contributed by atoms with E-state index >= 15 is 0 Å². The van der Waals surface area contributed by atoms with Crippen LogP contribution in [0, 0.1) is 19.7 Å². The molecule has 2 aromatic heterocycles. The van der Waals surface area contributed by atoms with E-state index in [4.69, 9.17) is 0 Å². The highest BCUT2D eigenvalue weighted by Crippen LogP contribution is 2.27. The molecule has 3 nitrogen and oxygen atoms in total. The van der Waals surface area contributed by atoms with Crippen molar-refractivity contribution in [3.63, 3.8) is 0 Å². The van der Waals surface area contributed by atoms with Crippen molar-refractivity contribution in [2.75, 3.05) is 5.32 Å². The smallest absolute Gasteiger partial charge is 0.272 e. The second kappa shape index (κ2) is 7.00. The standard InChI is InChI=1S/C22H19FN2OS/c1-14-6-7-15(2)18(10-14)24-22(26)20-12-21-19(8-9-27-21)25(20)13-16-4-3-5-17(23)11-16/h3-12H,13H2,1-2H3,(H,24,26). The molecule has 0 fully saturated rings. The predicted molar refractivity (Wildman–Crippen MR) is 109 cm³/mol. The molecule has 0 unspecified atom stereocenters. The highest BCUT2D eigenvalue weighted by molar-refractivity contribution is 7.17. The first-order valence-corrected chi connectivity index (χ1v) is 9.59. The fraction of sp³-hybridized carbons (Fsp3) is 0.136. The number of fused-ring (bicyclic) bond motifs is 1. The quantitative estimate of drug-likeness (QED) is 0.481. The topological polar surface area (TPSA) is 34.0 Å². The van der Waals surface area contributed by atoms with Gasteiger partial charge in [0.1, 0.15) is 11.5 Å². The molecule has 4 aromatic rings. The number of carbonyl (C=O) groups excluding carboxylic acids is 1. The lowest BCUT2D eigenvalue weighted by Gasteiger charge is -2.13. The van der Waals surface area contributed by atoms with Crippen molar-refractivity contribution in [1.82, 2.24) is 4.57 Å². The molecular weight excluding hydrogens is 359 g/mol. The van der Waals surface area contributed by atoms with Gasteiger partial charge in [-0.05, 0) is 66.2 Å². The Hall–Kier alpha value is -2.92. The third-order valence-electron chi connectivity index (χ3n) is 4.63. The average molecular weight is 378 g/mol. The number of aryl methyl sites for hydroxylation is 2. The molecule has 2 heterocycles. The Labute approximate surface area is 161 Å². The second-order valence-corrected chi connectivity index (χ2v) is 7.64. The van der Waals surface area contributed by atoms with E-state index < -0.39 is 0 Å². The Morgan fingerprint density at radius 1 is 1.11 bits per heavy atom. The molecular formula is C22H19FN2OS. The number of thiophene rings is 1. The van der Waals surface area contributed by atoms with Crippen LogP contribution >= 0.6 is 11.3 Å². The molecule has 0 spiro atoms. The monoisotopic (exact) mass is 378 g/mol. The first-order valence-electron chi connectivity index (χ1n) is 8.71. The maximum Gasteiger partial charge on any atom is 0.272 e. The fourth-order valence-electron chi connectivity index (χ4n) is 3.21. The average Bonchev–Trinajstić information content (AvgIpc) is 3.21. The molecule has 4 rings (SSSR count). The summed E-state index contributed by atoms with van der Waals surface area (Å²) in [7, 11) is 0. The van der Waals surface area contributed by atoms with Crippen molar-refractivity contribution < 1.29 is 9.18 Å². The van der Waals surface area contributed by atoms with Crippen molar-refractivity contribution in [3.05, 3.63) is 88.2 Å². The zero-order valence-electron chi connectivity index (χ0n) is 15.1. The Balaban J connectivity index is 1.72. The fourth-order valence-corrected chi connectivity index (χ4v) is 4.03. The Morgan fingerprint density at radius 3 is 2.78 bits per heavy atom. The lowest BCUT2D eigenvalue weighted by molar-refractivity contribution is 0.101. The number of rotatable bonds is 4. The maximum atomic E-state index is 13.6. The largest absolute Gasteiger partial charge is 0.331 e. The highest BCUT2D eigenvalue weighted by atomic mass is 32.1. The number of hydrogen-bond donors (Lipinski definition) is 1. The van der Waals surface area contributed by atoms with E-state index in [-0.39, 0.29) is 11.7 Å². The number of anilines is 1. The van der Waals surface area contributed by atoms with Crippen LogP contribution in [-0.2, 0) is 6.54 Å². The van der Waals surface area contributed by atoms with Gasteiger partial charge in [0.2, 0.25) is 0 Å². The molecule has 27 heavy (non-hydrogen) atoms. The Bertz CT molecular complexity index is 1140. The molecule has 0 aliphatic rings. The van der Waals surface area contributed by atoms with Crippen LogP contribution in [0.25, 0.3) is 10.2 Å². The first-order chi connectivity index (χ1) is 13.0. The van der Waals surface area contributed by atoms with Crippen LogP contribution in [0.3, 0.4) is 0 Å². The zero-order chi connectivity index (χ0) is 19.0. The number of nitrogens with zero attached hydrogens (tertiary/aromatic N) is 1. The SMILES string of the molecule is Cc1ccc(C)c(NC(=O)c2cc3sccc3n2Cc2cccc(F)c2)c1. The molecule has 136 valence electrons. The van der Waals surface area contributed by atoms with Crippen molar-refractivity contribution in [3.8, 4) is 0 Å². The normalized spacial score (nSPS) is 11.1. The van der Waals surface area contributed by atoms with Crippen LogP contribution in [-0.4, -0.2) is 10.5 Å². The maximum absolute atomic E-state index is 13.6. The molecule has 0 aliphatic carbocycles. The van der Waals surface area contributed by atoms with Crippen molar-refractivity contribution in [2.24, 2.45) is 0 Å². The van der Waals surface area contributed by atoms with Gasteiger partial charge in [0.15, 0.2) is 0 Å². The Morgan fingerprint density at radius 2 is 1.96 bits per heavy atom. The molecule has 0 saturated heterocycles. The van der Waals surface area contributed by atoms with Gasteiger partial charge in [-0.25, -0.2) is 4.39 Å². The van der Waals surface area contributed by atoms with Crippen molar-refractivity contribution >= 4 is 33.1 Å². The van der Waals surface area contributed by atoms with Crippen LogP contribution in [0.2, 0.25) is 0 Å². The summed E-state index contributed by atoms with van der Waals surface area (Å²) in [5.41, 5.74) is 5.28. The number of carbonyl (C=O) groups is 1. The van der Waals surface area contributed by atoms with Gasteiger partial charge < -0.3 is 9.88 Å². The highest BCUT2D eigenvalue weighted by Gasteiger charge is 2.17. The molecule has 5 heteroatoms. The van der Waals surface area contributed by atoms with Gasteiger partial charge in [0.25, 0.3) is 5.91 Å². The molecule has 0 bridgehead atoms. The molecule has 1 N–H and O–H groups in total. The van der Waals surface area contributed by atoms with Crippen LogP contribution < -0.4 is 5.32 Å². The van der Waals surface area contributed by atoms with E-state index in [2.05, 4.69) is 5.32 Å². The van der Waals surface area contributed by atoms with E-state index in [0.717, 1.165) is 32.6 Å². The minimum absolute atomic E-state index is 0.163. The number of aromatic nitrogens is 1. The third-order valence-corrected chi connectivity index (χ3v) is 5.48. The summed E-state index contributed by atoms with van der Waals surface area (Å²) in [4.78, 5) is 13.0. The summed E-state index contributed by atoms with van der Waals surface area (Å²) >= 11 is 1.59. The lowest BCUT2D eigenvalue weighted by atomic mass is 10.1. The minimum atomic E-state index is -0.275. The number of benzene rings is 2. The third kappa shape index (κ3) is 3.51. The van der Waals surface area contributed by atoms with Gasteiger partial charge in [-0.3, -0.25) is 4.79 Å². The van der Waals surface area contributed by atoms with Crippen LogP contribution in [0.1, 0.15) is 27.2 Å². The minimum Gasteiger partial charge on any atom is -0.331 e. The van der Waals surface area contributed by atoms with Gasteiger partial charge >= 0.3 is 0 Å². The molecule has 0 saturated carbocycles. The van der Waals surface area contributed by atoms with E-state index in [1.54, 1.807) is 17.4 Å². The van der Waals surface area contributed by atoms with Gasteiger partial charge in [-0.2, -0.15) is 0 Å². The van der Waals surface area contributed by atoms with E-state index in [9.17, 15) is 9.18 Å². The number of halogens is 1. The van der Waals surface area contributed by atoms with Gasteiger partial charge in [0, 0.05) is 12.2 Å².